The van der Waals surface area contributed by atoms with Crippen LogP contribution in [0, 0.1) is 19.7 Å². The Balaban J connectivity index is 1.70. The molecule has 0 aliphatic carbocycles. The monoisotopic (exact) mass is 696 g/mol. The Morgan fingerprint density at radius 2 is 1.84 bits per heavy atom. The number of rotatable bonds is 9. The van der Waals surface area contributed by atoms with Gasteiger partial charge >= 0.3 is 0 Å². The summed E-state index contributed by atoms with van der Waals surface area (Å²) in [4.78, 5) is 54.7. The lowest BCUT2D eigenvalue weighted by Crippen LogP contribution is -2.41. The van der Waals surface area contributed by atoms with Gasteiger partial charge in [0.05, 0.1) is 23.1 Å². The zero-order chi connectivity index (χ0) is 36.7. The van der Waals surface area contributed by atoms with E-state index in [1.807, 2.05) is 58.8 Å². The lowest BCUT2D eigenvalue weighted by Gasteiger charge is -2.33. The fourth-order valence-corrected chi connectivity index (χ4v) is 7.08. The Hall–Kier alpha value is -5.30. The van der Waals surface area contributed by atoms with Crippen LogP contribution in [0.15, 0.2) is 53.9 Å². The van der Waals surface area contributed by atoms with E-state index in [2.05, 4.69) is 27.1 Å². The van der Waals surface area contributed by atoms with Crippen LogP contribution in [0.1, 0.15) is 71.3 Å². The Labute approximate surface area is 294 Å². The van der Waals surface area contributed by atoms with Gasteiger partial charge in [-0.15, -0.1) is 0 Å². The van der Waals surface area contributed by atoms with Crippen LogP contribution in [0.2, 0.25) is 0 Å². The van der Waals surface area contributed by atoms with Gasteiger partial charge in [-0.1, -0.05) is 26.5 Å². The summed E-state index contributed by atoms with van der Waals surface area (Å²) in [6.45, 7) is 11.9. The highest BCUT2D eigenvalue weighted by atomic mass is 19.1. The van der Waals surface area contributed by atoms with Crippen LogP contribution in [0.25, 0.3) is 38.9 Å². The van der Waals surface area contributed by atoms with Gasteiger partial charge in [0.25, 0.3) is 17.4 Å². The number of benzene rings is 1. The molecule has 0 radical (unpaired) electrons. The van der Waals surface area contributed by atoms with E-state index in [0.29, 0.717) is 58.2 Å². The number of aryl methyl sites for hydroxylation is 2. The van der Waals surface area contributed by atoms with E-state index in [4.69, 9.17) is 4.98 Å². The maximum absolute atomic E-state index is 16.8. The van der Waals surface area contributed by atoms with Gasteiger partial charge in [-0.05, 0) is 87.5 Å². The Morgan fingerprint density at radius 1 is 1.12 bits per heavy atom. The van der Waals surface area contributed by atoms with Crippen molar-refractivity contribution in [2.75, 3.05) is 40.3 Å². The molecule has 5 heterocycles. The largest absolute Gasteiger partial charge is 0.351 e. The predicted molar refractivity (Wildman–Crippen MR) is 193 cm³/mol. The molecular formula is C38H42F2N8O3. The summed E-state index contributed by atoms with van der Waals surface area (Å²) in [5.74, 6) is -3.67. The molecule has 13 heteroatoms. The van der Waals surface area contributed by atoms with Crippen LogP contribution in [0.5, 0.6) is 0 Å². The second kappa shape index (κ2) is 14.1. The number of nitrogens with zero attached hydrogens (tertiary/aromatic N) is 6. The molecule has 11 nitrogen and oxygen atoms in total. The second-order valence-corrected chi connectivity index (χ2v) is 13.8. The fraction of sp³-hybridized carbons (Fsp3) is 0.368. The summed E-state index contributed by atoms with van der Waals surface area (Å²) < 4.78 is 32.0. The third kappa shape index (κ3) is 6.53. The number of likely N-dealkylation sites (tertiary alicyclic amines) is 1. The molecule has 1 aromatic carbocycles. The van der Waals surface area contributed by atoms with Crippen molar-refractivity contribution in [1.82, 2.24) is 39.8 Å². The van der Waals surface area contributed by atoms with E-state index in [9.17, 15) is 14.0 Å². The highest BCUT2D eigenvalue weighted by Gasteiger charge is 2.34. The van der Waals surface area contributed by atoms with Gasteiger partial charge in [0.15, 0.2) is 5.83 Å². The number of H-pyrrole nitrogens is 1. The van der Waals surface area contributed by atoms with Crippen molar-refractivity contribution >= 4 is 33.8 Å². The normalized spacial score (nSPS) is 13.9. The van der Waals surface area contributed by atoms with Crippen LogP contribution < -0.4 is 10.9 Å². The topological polar surface area (TPSA) is 129 Å². The number of carbonyl (C=O) groups excluding carboxylic acids is 2. The van der Waals surface area contributed by atoms with Crippen molar-refractivity contribution in [3.63, 3.8) is 0 Å². The minimum absolute atomic E-state index is 0.0313. The molecule has 5 aromatic rings. The van der Waals surface area contributed by atoms with Crippen LogP contribution in [0.3, 0.4) is 0 Å². The molecule has 0 spiro atoms. The van der Waals surface area contributed by atoms with Crippen LogP contribution >= 0.6 is 0 Å². The SMILES string of the molecule is C=C(F)C(=O)N1CCC(c2c(C(=O)NCCN(C)C)c(=O)n(-c3c(C)ccnc3C(C)C)c3nc(-c4c(C)ccc5[nH]ncc45)c(F)cc23)CC1. The number of aromatic nitrogens is 5. The van der Waals surface area contributed by atoms with E-state index in [-0.39, 0.29) is 42.5 Å². The summed E-state index contributed by atoms with van der Waals surface area (Å²) in [6, 6.07) is 6.86. The molecular weight excluding hydrogens is 654 g/mol. The number of carbonyl (C=O) groups is 2. The van der Waals surface area contributed by atoms with Gasteiger partial charge in [0, 0.05) is 48.7 Å². The molecule has 0 bridgehead atoms. The second-order valence-electron chi connectivity index (χ2n) is 13.8. The van der Waals surface area contributed by atoms with Crippen LogP contribution in [0.4, 0.5) is 8.78 Å². The summed E-state index contributed by atoms with van der Waals surface area (Å²) in [5, 5.41) is 11.0. The Morgan fingerprint density at radius 3 is 2.51 bits per heavy atom. The lowest BCUT2D eigenvalue weighted by molar-refractivity contribution is -0.129. The average Bonchev–Trinajstić information content (AvgIpc) is 3.56. The fourth-order valence-electron chi connectivity index (χ4n) is 7.08. The highest BCUT2D eigenvalue weighted by Crippen LogP contribution is 2.39. The van der Waals surface area contributed by atoms with Crippen LogP contribution in [-0.2, 0) is 4.79 Å². The van der Waals surface area contributed by atoms with E-state index >= 15 is 9.18 Å². The molecule has 1 aliphatic heterocycles. The standard InChI is InChI=1S/C38H42F2N8O3/c1-20(2)32-34(22(4)10-13-41-32)48-35-25(18-27(40)33(44-35)29-21(3)8-9-28-26(29)19-43-45-28)30(24-11-15-47(16-12-24)37(50)23(5)39)31(38(48)51)36(49)42-14-17-46(6)7/h8-10,13,18-20,24H,5,11-12,14-17H2,1-4,6-7H3,(H,42,49)(H,43,45). The number of pyridine rings is 3. The summed E-state index contributed by atoms with van der Waals surface area (Å²) in [5.41, 5.74) is 3.61. The Bertz CT molecular complexity index is 2250. The van der Waals surface area contributed by atoms with Crippen molar-refractivity contribution in [2.24, 2.45) is 0 Å². The molecule has 1 saturated heterocycles. The molecule has 266 valence electrons. The van der Waals surface area contributed by atoms with E-state index < -0.39 is 34.9 Å². The first-order valence-electron chi connectivity index (χ1n) is 17.0. The summed E-state index contributed by atoms with van der Waals surface area (Å²) >= 11 is 0. The Kier molecular flexibility index (Phi) is 9.85. The van der Waals surface area contributed by atoms with Crippen molar-refractivity contribution < 1.29 is 18.4 Å². The number of nitrogens with one attached hydrogen (secondary N) is 2. The van der Waals surface area contributed by atoms with Crippen molar-refractivity contribution in [2.45, 2.75) is 52.4 Å². The number of amides is 2. The molecule has 0 unspecified atom stereocenters. The first-order chi connectivity index (χ1) is 24.3. The molecule has 0 atom stereocenters. The number of piperidine rings is 1. The van der Waals surface area contributed by atoms with E-state index in [0.717, 1.165) is 11.1 Å². The molecule has 51 heavy (non-hydrogen) atoms. The summed E-state index contributed by atoms with van der Waals surface area (Å²) in [6.07, 6.45) is 3.89. The first-order valence-corrected chi connectivity index (χ1v) is 17.0. The van der Waals surface area contributed by atoms with E-state index in [1.54, 1.807) is 18.5 Å². The van der Waals surface area contributed by atoms with Crippen molar-refractivity contribution in [1.29, 1.82) is 0 Å². The molecule has 2 N–H and O–H groups in total. The molecule has 1 fully saturated rings. The van der Waals surface area contributed by atoms with Crippen molar-refractivity contribution in [3.05, 3.63) is 93.2 Å². The van der Waals surface area contributed by atoms with Gasteiger partial charge in [0.2, 0.25) is 0 Å². The van der Waals surface area contributed by atoms with Crippen molar-refractivity contribution in [3.8, 4) is 16.9 Å². The number of halogens is 2. The predicted octanol–water partition coefficient (Wildman–Crippen LogP) is 5.68. The van der Waals surface area contributed by atoms with Gasteiger partial charge < -0.3 is 15.1 Å². The zero-order valence-corrected chi connectivity index (χ0v) is 29.7. The van der Waals surface area contributed by atoms with Gasteiger partial charge in [0.1, 0.15) is 22.7 Å². The first kappa shape index (κ1) is 35.5. The van der Waals surface area contributed by atoms with Gasteiger partial charge in [-0.25, -0.2) is 13.8 Å². The number of hydrogen-bond donors (Lipinski definition) is 2. The number of aromatic amines is 1. The number of fused-ring (bicyclic) bond motifs is 2. The minimum Gasteiger partial charge on any atom is -0.351 e. The molecule has 1 aliphatic rings. The summed E-state index contributed by atoms with van der Waals surface area (Å²) in [7, 11) is 3.75. The van der Waals surface area contributed by atoms with Gasteiger partial charge in [-0.2, -0.15) is 5.10 Å². The smallest absolute Gasteiger partial charge is 0.281 e. The third-order valence-corrected chi connectivity index (χ3v) is 9.63. The molecule has 2 amide bonds. The van der Waals surface area contributed by atoms with Gasteiger partial charge in [-0.3, -0.25) is 29.0 Å². The maximum atomic E-state index is 16.8. The maximum Gasteiger partial charge on any atom is 0.281 e. The molecule has 4 aromatic heterocycles. The molecule has 0 saturated carbocycles. The number of likely N-dealkylation sites (N-methyl/N-ethyl adjacent to an activating group) is 1. The average molecular weight is 697 g/mol. The minimum atomic E-state index is -1.06. The highest BCUT2D eigenvalue weighted by molar-refractivity contribution is 6.02. The number of hydrogen-bond acceptors (Lipinski definition) is 7. The third-order valence-electron chi connectivity index (χ3n) is 9.63. The zero-order valence-electron chi connectivity index (χ0n) is 29.7. The molecule has 6 rings (SSSR count). The van der Waals surface area contributed by atoms with Crippen LogP contribution in [-0.4, -0.2) is 86.6 Å². The quantitative estimate of drug-likeness (QED) is 0.190. The van der Waals surface area contributed by atoms with E-state index in [1.165, 1.54) is 15.5 Å². The lowest BCUT2D eigenvalue weighted by atomic mass is 9.84.